The van der Waals surface area contributed by atoms with Crippen LogP contribution in [0.2, 0.25) is 0 Å². The molecule has 0 amide bonds. The van der Waals surface area contributed by atoms with Crippen molar-refractivity contribution in [1.29, 1.82) is 0 Å². The van der Waals surface area contributed by atoms with E-state index in [4.69, 9.17) is 5.84 Å². The highest BCUT2D eigenvalue weighted by molar-refractivity contribution is 5.53. The zero-order valence-electron chi connectivity index (χ0n) is 7.23. The Balaban J connectivity index is 3.21. The van der Waals surface area contributed by atoms with E-state index in [1.165, 1.54) is 16.7 Å². The number of aryl methyl sites for hydroxylation is 3. The molecular weight excluding hydrogens is 136 g/mol. The lowest BCUT2D eigenvalue weighted by Gasteiger charge is -2.07. The number of hydrogen-bond acceptors (Lipinski definition) is 2. The first-order valence-electron chi connectivity index (χ1n) is 3.69. The molecule has 1 rings (SSSR count). The molecule has 0 heterocycles. The fourth-order valence-electron chi connectivity index (χ4n) is 1.12. The van der Waals surface area contributed by atoms with Gasteiger partial charge >= 0.3 is 0 Å². The zero-order valence-corrected chi connectivity index (χ0v) is 7.23. The van der Waals surface area contributed by atoms with E-state index < -0.39 is 0 Å². The van der Waals surface area contributed by atoms with E-state index >= 15 is 0 Å². The van der Waals surface area contributed by atoms with Gasteiger partial charge in [0.25, 0.3) is 0 Å². The largest absolute Gasteiger partial charge is 0.324 e. The minimum Gasteiger partial charge on any atom is -0.324 e. The minimum atomic E-state index is 1.01. The fraction of sp³-hybridized carbons (Fsp3) is 0.333. The Hall–Kier alpha value is -1.02. The van der Waals surface area contributed by atoms with E-state index in [-0.39, 0.29) is 0 Å². The van der Waals surface area contributed by atoms with Crippen LogP contribution < -0.4 is 11.3 Å². The van der Waals surface area contributed by atoms with Crippen LogP contribution >= 0.6 is 0 Å². The first-order chi connectivity index (χ1) is 5.15. The first kappa shape index (κ1) is 8.08. The van der Waals surface area contributed by atoms with Crippen LogP contribution in [0.4, 0.5) is 5.69 Å². The van der Waals surface area contributed by atoms with E-state index in [9.17, 15) is 0 Å². The highest BCUT2D eigenvalue weighted by atomic mass is 15.2. The Morgan fingerprint density at radius 3 is 2.09 bits per heavy atom. The highest BCUT2D eigenvalue weighted by Gasteiger charge is 1.98. The van der Waals surface area contributed by atoms with Crippen molar-refractivity contribution in [2.24, 2.45) is 5.84 Å². The van der Waals surface area contributed by atoms with Crippen LogP contribution in [-0.4, -0.2) is 0 Å². The number of hydrazine groups is 1. The molecule has 60 valence electrons. The summed E-state index contributed by atoms with van der Waals surface area (Å²) in [6.45, 7) is 6.22. The molecule has 0 aromatic heterocycles. The molecule has 1 aromatic rings. The quantitative estimate of drug-likeness (QED) is 0.474. The molecule has 0 aliphatic rings. The van der Waals surface area contributed by atoms with Crippen LogP contribution in [-0.2, 0) is 0 Å². The molecule has 0 spiro atoms. The summed E-state index contributed by atoms with van der Waals surface area (Å²) in [4.78, 5) is 0. The van der Waals surface area contributed by atoms with Gasteiger partial charge in [-0.15, -0.1) is 0 Å². The lowest BCUT2D eigenvalue weighted by atomic mass is 10.1. The summed E-state index contributed by atoms with van der Waals surface area (Å²) in [5, 5.41) is 0. The number of benzene rings is 1. The predicted octanol–water partition coefficient (Wildman–Crippen LogP) is 1.90. The van der Waals surface area contributed by atoms with Gasteiger partial charge in [-0.3, -0.25) is 5.84 Å². The van der Waals surface area contributed by atoms with Crippen LogP contribution in [0.15, 0.2) is 12.1 Å². The SMILES string of the molecule is Cc1cc(C)c(NN)cc1C. The molecule has 0 aliphatic heterocycles. The second-order valence-electron chi connectivity index (χ2n) is 2.90. The maximum Gasteiger partial charge on any atom is 0.0517 e. The normalized spacial score (nSPS) is 9.82. The van der Waals surface area contributed by atoms with Gasteiger partial charge < -0.3 is 5.43 Å². The maximum atomic E-state index is 5.32. The predicted molar refractivity (Wildman–Crippen MR) is 48.5 cm³/mol. The van der Waals surface area contributed by atoms with Crippen molar-refractivity contribution in [2.75, 3.05) is 5.43 Å². The monoisotopic (exact) mass is 150 g/mol. The summed E-state index contributed by atoms with van der Waals surface area (Å²) in [6, 6.07) is 4.19. The fourth-order valence-corrected chi connectivity index (χ4v) is 1.12. The van der Waals surface area contributed by atoms with Crippen molar-refractivity contribution in [3.63, 3.8) is 0 Å². The van der Waals surface area contributed by atoms with Crippen molar-refractivity contribution in [3.05, 3.63) is 28.8 Å². The van der Waals surface area contributed by atoms with Crippen molar-refractivity contribution >= 4 is 5.69 Å². The van der Waals surface area contributed by atoms with Crippen molar-refractivity contribution in [2.45, 2.75) is 20.8 Å². The molecule has 11 heavy (non-hydrogen) atoms. The molecule has 0 unspecified atom stereocenters. The second kappa shape index (κ2) is 2.93. The van der Waals surface area contributed by atoms with E-state index in [1.54, 1.807) is 0 Å². The van der Waals surface area contributed by atoms with Crippen LogP contribution in [0.25, 0.3) is 0 Å². The summed E-state index contributed by atoms with van der Waals surface area (Å²) in [6.07, 6.45) is 0. The molecule has 0 atom stereocenters. The van der Waals surface area contributed by atoms with Gasteiger partial charge in [0, 0.05) is 0 Å². The van der Waals surface area contributed by atoms with Crippen LogP contribution in [0, 0.1) is 20.8 Å². The first-order valence-corrected chi connectivity index (χ1v) is 3.69. The van der Waals surface area contributed by atoms with Crippen LogP contribution in [0.1, 0.15) is 16.7 Å². The van der Waals surface area contributed by atoms with E-state index in [2.05, 4.69) is 31.4 Å². The molecule has 0 saturated heterocycles. The molecular formula is C9H14N2. The standard InChI is InChI=1S/C9H14N2/c1-6-4-8(3)9(11-10)5-7(6)2/h4-5,11H,10H2,1-3H3. The van der Waals surface area contributed by atoms with Gasteiger partial charge in [-0.25, -0.2) is 0 Å². The number of nitrogens with two attached hydrogens (primary N) is 1. The summed E-state index contributed by atoms with van der Waals surface area (Å²) in [5.74, 6) is 5.32. The Bertz CT molecular complexity index is 267. The Morgan fingerprint density at radius 1 is 1.00 bits per heavy atom. The minimum absolute atomic E-state index is 1.01. The summed E-state index contributed by atoms with van der Waals surface area (Å²) >= 11 is 0. The van der Waals surface area contributed by atoms with E-state index in [0.29, 0.717) is 0 Å². The number of hydrogen-bond donors (Lipinski definition) is 2. The molecule has 3 N–H and O–H groups in total. The Kier molecular flexibility index (Phi) is 2.15. The average Bonchev–Trinajstić information content (AvgIpc) is 1.97. The average molecular weight is 150 g/mol. The van der Waals surface area contributed by atoms with Crippen molar-refractivity contribution in [3.8, 4) is 0 Å². The van der Waals surface area contributed by atoms with Gasteiger partial charge in [0.15, 0.2) is 0 Å². The molecule has 0 radical (unpaired) electrons. The van der Waals surface area contributed by atoms with Gasteiger partial charge in [-0.05, 0) is 43.5 Å². The summed E-state index contributed by atoms with van der Waals surface area (Å²) < 4.78 is 0. The van der Waals surface area contributed by atoms with E-state index in [1.807, 2.05) is 6.92 Å². The van der Waals surface area contributed by atoms with Crippen LogP contribution in [0.3, 0.4) is 0 Å². The molecule has 2 heteroatoms. The molecule has 2 nitrogen and oxygen atoms in total. The van der Waals surface area contributed by atoms with Crippen LogP contribution in [0.5, 0.6) is 0 Å². The molecule has 1 aromatic carbocycles. The molecule has 0 aliphatic carbocycles. The smallest absolute Gasteiger partial charge is 0.0517 e. The number of rotatable bonds is 1. The zero-order chi connectivity index (χ0) is 8.43. The number of anilines is 1. The third kappa shape index (κ3) is 1.52. The Labute approximate surface area is 67.4 Å². The van der Waals surface area contributed by atoms with E-state index in [0.717, 1.165) is 5.69 Å². The summed E-state index contributed by atoms with van der Waals surface area (Å²) in [5.41, 5.74) is 7.44. The second-order valence-corrected chi connectivity index (χ2v) is 2.90. The van der Waals surface area contributed by atoms with Gasteiger partial charge in [0.2, 0.25) is 0 Å². The third-order valence-electron chi connectivity index (χ3n) is 2.00. The van der Waals surface area contributed by atoms with Gasteiger partial charge in [0.05, 0.1) is 5.69 Å². The van der Waals surface area contributed by atoms with Gasteiger partial charge in [-0.1, -0.05) is 6.07 Å². The number of nitrogens with one attached hydrogen (secondary N) is 1. The third-order valence-corrected chi connectivity index (χ3v) is 2.00. The van der Waals surface area contributed by atoms with Crippen molar-refractivity contribution < 1.29 is 0 Å². The highest BCUT2D eigenvalue weighted by Crippen LogP contribution is 2.18. The maximum absolute atomic E-state index is 5.32. The summed E-state index contributed by atoms with van der Waals surface area (Å²) in [7, 11) is 0. The Morgan fingerprint density at radius 2 is 1.55 bits per heavy atom. The van der Waals surface area contributed by atoms with Gasteiger partial charge in [-0.2, -0.15) is 0 Å². The van der Waals surface area contributed by atoms with Crippen molar-refractivity contribution in [1.82, 2.24) is 0 Å². The molecule has 0 bridgehead atoms. The number of nitrogen functional groups attached to an aromatic ring is 1. The lowest BCUT2D eigenvalue weighted by Crippen LogP contribution is -2.08. The molecule has 0 fully saturated rings. The molecule has 0 saturated carbocycles. The topological polar surface area (TPSA) is 38.0 Å². The van der Waals surface area contributed by atoms with Gasteiger partial charge in [0.1, 0.15) is 0 Å². The lowest BCUT2D eigenvalue weighted by molar-refractivity contribution is 1.25.